The van der Waals surface area contributed by atoms with Gasteiger partial charge in [-0.15, -0.1) is 0 Å². The summed E-state index contributed by atoms with van der Waals surface area (Å²) in [5, 5.41) is 16.7. The molecule has 0 heterocycles. The molecule has 2 N–H and O–H groups in total. The lowest BCUT2D eigenvalue weighted by Gasteiger charge is -2.20. The molecular weight excluding hydrogens is 398 g/mol. The van der Waals surface area contributed by atoms with Crippen molar-refractivity contribution in [1.82, 2.24) is 5.32 Å². The first-order valence-electron chi connectivity index (χ1n) is 10.8. The van der Waals surface area contributed by atoms with Crippen LogP contribution in [0.3, 0.4) is 0 Å². The summed E-state index contributed by atoms with van der Waals surface area (Å²) in [7, 11) is 0. The quantitative estimate of drug-likeness (QED) is 0.402. The van der Waals surface area contributed by atoms with Crippen LogP contribution in [0.15, 0.2) is 78.9 Å². The Morgan fingerprint density at radius 3 is 1.88 bits per heavy atom. The Labute approximate surface area is 187 Å². The van der Waals surface area contributed by atoms with Gasteiger partial charge in [0, 0.05) is 12.0 Å². The first kappa shape index (κ1) is 21.6. The molecule has 1 atom stereocenters. The Hall–Kier alpha value is -3.66. The standard InChI is InChI=1S/C28H27NO3/c1-28(2,3)21-14-12-18(13-15-21)26(30)29-25(27(31)32)17-24-22-10-6-4-8-19(22)16-20-9-5-7-11-23(20)24/h4-16,25H,17H2,1-3H3,(H,29,30)(H,31,32)/t25-/m1/s1. The van der Waals surface area contributed by atoms with E-state index < -0.39 is 12.0 Å². The van der Waals surface area contributed by atoms with Crippen molar-refractivity contribution in [3.8, 4) is 0 Å². The van der Waals surface area contributed by atoms with E-state index in [1.807, 2.05) is 60.7 Å². The van der Waals surface area contributed by atoms with Crippen LogP contribution in [0.4, 0.5) is 0 Å². The second kappa shape index (κ2) is 8.46. The monoisotopic (exact) mass is 425 g/mol. The molecule has 0 unspecified atom stereocenters. The van der Waals surface area contributed by atoms with Crippen LogP contribution in [-0.4, -0.2) is 23.0 Å². The first-order chi connectivity index (χ1) is 15.2. The zero-order valence-corrected chi connectivity index (χ0v) is 18.6. The second-order valence-electron chi connectivity index (χ2n) is 9.19. The lowest BCUT2D eigenvalue weighted by Crippen LogP contribution is -2.42. The summed E-state index contributed by atoms with van der Waals surface area (Å²) in [5.74, 6) is -1.44. The van der Waals surface area contributed by atoms with E-state index in [4.69, 9.17) is 0 Å². The minimum absolute atomic E-state index is 0.0198. The average molecular weight is 426 g/mol. The summed E-state index contributed by atoms with van der Waals surface area (Å²) in [6.07, 6.45) is 0.197. The van der Waals surface area contributed by atoms with Gasteiger partial charge in [0.15, 0.2) is 0 Å². The summed E-state index contributed by atoms with van der Waals surface area (Å²) in [6, 6.07) is 24.3. The molecule has 0 aliphatic heterocycles. The molecule has 32 heavy (non-hydrogen) atoms. The summed E-state index contributed by atoms with van der Waals surface area (Å²) >= 11 is 0. The van der Waals surface area contributed by atoms with E-state index in [1.165, 1.54) is 0 Å². The second-order valence-corrected chi connectivity index (χ2v) is 9.19. The van der Waals surface area contributed by atoms with Crippen molar-refractivity contribution in [1.29, 1.82) is 0 Å². The molecule has 0 saturated heterocycles. The highest BCUT2D eigenvalue weighted by atomic mass is 16.4. The molecule has 0 aromatic heterocycles. The van der Waals surface area contributed by atoms with Crippen LogP contribution in [0.2, 0.25) is 0 Å². The molecular formula is C28H27NO3. The van der Waals surface area contributed by atoms with Crippen LogP contribution in [0.25, 0.3) is 21.5 Å². The normalized spacial score (nSPS) is 12.6. The van der Waals surface area contributed by atoms with Crippen molar-refractivity contribution in [3.05, 3.63) is 95.6 Å². The number of carboxylic acid groups (broad SMARTS) is 1. The first-order valence-corrected chi connectivity index (χ1v) is 10.8. The Balaban J connectivity index is 1.66. The number of hydrogen-bond donors (Lipinski definition) is 2. The molecule has 0 fully saturated rings. The van der Waals surface area contributed by atoms with E-state index in [9.17, 15) is 14.7 Å². The maximum atomic E-state index is 12.9. The predicted octanol–water partition coefficient (Wildman–Crippen LogP) is 5.72. The van der Waals surface area contributed by atoms with Crippen molar-refractivity contribution in [2.45, 2.75) is 38.6 Å². The van der Waals surface area contributed by atoms with Gasteiger partial charge < -0.3 is 10.4 Å². The highest BCUT2D eigenvalue weighted by Crippen LogP contribution is 2.29. The number of nitrogens with one attached hydrogen (secondary N) is 1. The maximum absolute atomic E-state index is 12.9. The molecule has 4 nitrogen and oxygen atoms in total. The third-order valence-corrected chi connectivity index (χ3v) is 5.91. The molecule has 0 bridgehead atoms. The minimum Gasteiger partial charge on any atom is -0.480 e. The predicted molar refractivity (Wildman–Crippen MR) is 129 cm³/mol. The Morgan fingerprint density at radius 2 is 1.38 bits per heavy atom. The minimum atomic E-state index is -1.05. The molecule has 0 aliphatic rings. The summed E-state index contributed by atoms with van der Waals surface area (Å²) in [5.41, 5.74) is 2.47. The molecule has 162 valence electrons. The van der Waals surface area contributed by atoms with E-state index in [-0.39, 0.29) is 17.7 Å². The van der Waals surface area contributed by atoms with Crippen LogP contribution in [-0.2, 0) is 16.6 Å². The van der Waals surface area contributed by atoms with Crippen LogP contribution < -0.4 is 5.32 Å². The molecule has 4 heteroatoms. The number of amides is 1. The van der Waals surface area contributed by atoms with Gasteiger partial charge in [-0.2, -0.15) is 0 Å². The summed E-state index contributed by atoms with van der Waals surface area (Å²) < 4.78 is 0. The summed E-state index contributed by atoms with van der Waals surface area (Å²) in [6.45, 7) is 6.32. The SMILES string of the molecule is CC(C)(C)c1ccc(C(=O)N[C@H](Cc2c3ccccc3cc3ccccc23)C(=O)O)cc1. The van der Waals surface area contributed by atoms with Gasteiger partial charge in [-0.1, -0.05) is 81.4 Å². The molecule has 4 aromatic carbocycles. The van der Waals surface area contributed by atoms with Gasteiger partial charge in [-0.25, -0.2) is 4.79 Å². The Bertz CT molecular complexity index is 1250. The van der Waals surface area contributed by atoms with Crippen molar-refractivity contribution in [2.75, 3.05) is 0 Å². The fourth-order valence-corrected chi connectivity index (χ4v) is 4.10. The van der Waals surface area contributed by atoms with Gasteiger partial charge in [-0.05, 0) is 56.3 Å². The number of rotatable bonds is 5. The topological polar surface area (TPSA) is 66.4 Å². The number of carbonyl (C=O) groups is 2. The number of carbonyl (C=O) groups excluding carboxylic acids is 1. The van der Waals surface area contributed by atoms with Gasteiger partial charge >= 0.3 is 5.97 Å². The zero-order chi connectivity index (χ0) is 22.9. The molecule has 0 spiro atoms. The molecule has 1 amide bonds. The van der Waals surface area contributed by atoms with Gasteiger partial charge in [0.05, 0.1) is 0 Å². The van der Waals surface area contributed by atoms with Crippen molar-refractivity contribution in [3.63, 3.8) is 0 Å². The van der Waals surface area contributed by atoms with Crippen molar-refractivity contribution in [2.24, 2.45) is 0 Å². The summed E-state index contributed by atoms with van der Waals surface area (Å²) in [4.78, 5) is 25.0. The molecule has 4 rings (SSSR count). The lowest BCUT2D eigenvalue weighted by molar-refractivity contribution is -0.139. The molecule has 4 aromatic rings. The Morgan fingerprint density at radius 1 is 0.844 bits per heavy atom. The third-order valence-electron chi connectivity index (χ3n) is 5.91. The lowest BCUT2D eigenvalue weighted by atomic mass is 9.86. The maximum Gasteiger partial charge on any atom is 0.326 e. The molecule has 0 aliphatic carbocycles. The number of fused-ring (bicyclic) bond motifs is 2. The van der Waals surface area contributed by atoms with Crippen molar-refractivity contribution < 1.29 is 14.7 Å². The molecule has 0 saturated carbocycles. The smallest absolute Gasteiger partial charge is 0.326 e. The molecule has 0 radical (unpaired) electrons. The highest BCUT2D eigenvalue weighted by molar-refractivity contribution is 6.03. The van der Waals surface area contributed by atoms with Crippen molar-refractivity contribution >= 4 is 33.4 Å². The van der Waals surface area contributed by atoms with E-state index >= 15 is 0 Å². The van der Waals surface area contributed by atoms with E-state index in [2.05, 4.69) is 32.2 Å². The van der Waals surface area contributed by atoms with Crippen LogP contribution in [0, 0.1) is 0 Å². The average Bonchev–Trinajstić information content (AvgIpc) is 2.77. The van der Waals surface area contributed by atoms with Crippen LogP contribution in [0.1, 0.15) is 42.3 Å². The van der Waals surface area contributed by atoms with Crippen LogP contribution >= 0.6 is 0 Å². The third kappa shape index (κ3) is 4.35. The largest absolute Gasteiger partial charge is 0.480 e. The fraction of sp³-hybridized carbons (Fsp3) is 0.214. The van der Waals surface area contributed by atoms with Gasteiger partial charge in [0.2, 0.25) is 0 Å². The Kier molecular flexibility index (Phi) is 5.70. The number of carboxylic acids is 1. The fourth-order valence-electron chi connectivity index (χ4n) is 4.10. The van der Waals surface area contributed by atoms with Gasteiger partial charge in [0.25, 0.3) is 5.91 Å². The number of benzene rings is 4. The highest BCUT2D eigenvalue weighted by Gasteiger charge is 2.23. The van der Waals surface area contributed by atoms with E-state index in [0.717, 1.165) is 32.7 Å². The van der Waals surface area contributed by atoms with E-state index in [0.29, 0.717) is 5.56 Å². The van der Waals surface area contributed by atoms with Gasteiger partial charge in [0.1, 0.15) is 6.04 Å². The van der Waals surface area contributed by atoms with Gasteiger partial charge in [-0.3, -0.25) is 4.79 Å². The zero-order valence-electron chi connectivity index (χ0n) is 18.6. The number of aliphatic carboxylic acids is 1. The number of hydrogen-bond acceptors (Lipinski definition) is 2. The van der Waals surface area contributed by atoms with E-state index in [1.54, 1.807) is 12.1 Å². The van der Waals surface area contributed by atoms with Crippen LogP contribution in [0.5, 0.6) is 0 Å².